The lowest BCUT2D eigenvalue weighted by Crippen LogP contribution is -2.27. The van der Waals surface area contributed by atoms with Crippen LogP contribution in [0.2, 0.25) is 0 Å². The molecule has 1 unspecified atom stereocenters. The second kappa shape index (κ2) is 4.43. The molecule has 1 aromatic rings. The largest absolute Gasteiger partial charge is 0.497 e. The van der Waals surface area contributed by atoms with Crippen molar-refractivity contribution in [3.8, 4) is 5.75 Å². The van der Waals surface area contributed by atoms with Gasteiger partial charge in [0.1, 0.15) is 5.75 Å². The van der Waals surface area contributed by atoms with Gasteiger partial charge in [0, 0.05) is 11.7 Å². The van der Waals surface area contributed by atoms with Crippen LogP contribution in [-0.2, 0) is 11.2 Å². The van der Waals surface area contributed by atoms with Gasteiger partial charge in [0.05, 0.1) is 13.5 Å². The molecule has 4 heteroatoms. The second-order valence-corrected chi connectivity index (χ2v) is 4.00. The van der Waals surface area contributed by atoms with Gasteiger partial charge in [-0.2, -0.15) is 0 Å². The lowest BCUT2D eigenvalue weighted by Gasteiger charge is -2.26. The van der Waals surface area contributed by atoms with Crippen molar-refractivity contribution in [1.29, 1.82) is 0 Å². The highest BCUT2D eigenvalue weighted by Crippen LogP contribution is 2.29. The summed E-state index contributed by atoms with van der Waals surface area (Å²) in [4.78, 5) is 10.6. The number of carboxylic acid groups (broad SMARTS) is 1. The minimum absolute atomic E-state index is 0.0402. The lowest BCUT2D eigenvalue weighted by molar-refractivity contribution is -0.137. The molecule has 1 heterocycles. The number of hydrogen-bond acceptors (Lipinski definition) is 3. The van der Waals surface area contributed by atoms with E-state index in [9.17, 15) is 4.79 Å². The van der Waals surface area contributed by atoms with Crippen molar-refractivity contribution >= 4 is 11.7 Å². The molecular formula is C12H15NO3. The van der Waals surface area contributed by atoms with Gasteiger partial charge in [-0.15, -0.1) is 0 Å². The molecular weight excluding hydrogens is 206 g/mol. The van der Waals surface area contributed by atoms with Crippen LogP contribution in [0.15, 0.2) is 18.2 Å². The van der Waals surface area contributed by atoms with E-state index in [1.807, 2.05) is 18.2 Å². The maximum absolute atomic E-state index is 10.6. The first kappa shape index (κ1) is 10.8. The fraction of sp³-hybridized carbons (Fsp3) is 0.417. The van der Waals surface area contributed by atoms with Gasteiger partial charge in [-0.05, 0) is 36.6 Å². The Kier molecular flexibility index (Phi) is 2.99. The maximum atomic E-state index is 10.6. The van der Waals surface area contributed by atoms with Crippen LogP contribution >= 0.6 is 0 Å². The average molecular weight is 221 g/mol. The van der Waals surface area contributed by atoms with Gasteiger partial charge in [-0.1, -0.05) is 0 Å². The second-order valence-electron chi connectivity index (χ2n) is 4.00. The molecule has 4 nitrogen and oxygen atoms in total. The van der Waals surface area contributed by atoms with Crippen molar-refractivity contribution in [2.75, 3.05) is 12.4 Å². The van der Waals surface area contributed by atoms with Crippen LogP contribution in [0.3, 0.4) is 0 Å². The van der Waals surface area contributed by atoms with Crippen molar-refractivity contribution < 1.29 is 14.6 Å². The highest BCUT2D eigenvalue weighted by molar-refractivity contribution is 5.69. The van der Waals surface area contributed by atoms with E-state index in [1.165, 1.54) is 5.56 Å². The van der Waals surface area contributed by atoms with Gasteiger partial charge in [0.2, 0.25) is 0 Å². The van der Waals surface area contributed by atoms with Gasteiger partial charge >= 0.3 is 5.97 Å². The number of carbonyl (C=O) groups is 1. The third-order valence-corrected chi connectivity index (χ3v) is 2.86. The minimum Gasteiger partial charge on any atom is -0.497 e. The van der Waals surface area contributed by atoms with Crippen molar-refractivity contribution in [2.24, 2.45) is 0 Å². The fourth-order valence-corrected chi connectivity index (χ4v) is 2.03. The molecule has 0 aromatic heterocycles. The van der Waals surface area contributed by atoms with E-state index in [1.54, 1.807) is 7.11 Å². The summed E-state index contributed by atoms with van der Waals surface area (Å²) < 4.78 is 5.15. The zero-order valence-corrected chi connectivity index (χ0v) is 9.19. The summed E-state index contributed by atoms with van der Waals surface area (Å²) in [5.74, 6) is 0.0895. The number of methoxy groups -OCH3 is 1. The standard InChI is InChI=1S/C12H15NO3/c1-16-10-4-5-11-8(6-10)2-3-9(13-11)7-12(14)15/h4-6,9,13H,2-3,7H2,1H3,(H,14,15). The summed E-state index contributed by atoms with van der Waals surface area (Å²) in [5, 5.41) is 12.0. The van der Waals surface area contributed by atoms with Gasteiger partial charge in [0.15, 0.2) is 0 Å². The van der Waals surface area contributed by atoms with E-state index in [2.05, 4.69) is 5.32 Å². The maximum Gasteiger partial charge on any atom is 0.305 e. The van der Waals surface area contributed by atoms with Gasteiger partial charge in [-0.25, -0.2) is 0 Å². The Hall–Kier alpha value is -1.71. The smallest absolute Gasteiger partial charge is 0.305 e. The van der Waals surface area contributed by atoms with E-state index >= 15 is 0 Å². The summed E-state index contributed by atoms with van der Waals surface area (Å²) in [6.07, 6.45) is 1.93. The molecule has 86 valence electrons. The topological polar surface area (TPSA) is 58.6 Å². The van der Waals surface area contributed by atoms with Gasteiger partial charge < -0.3 is 15.2 Å². The van der Waals surface area contributed by atoms with E-state index in [0.717, 1.165) is 24.3 Å². The predicted octanol–water partition coefficient (Wildman–Crippen LogP) is 1.90. The Bertz CT molecular complexity index is 403. The van der Waals surface area contributed by atoms with Crippen LogP contribution in [0.25, 0.3) is 0 Å². The lowest BCUT2D eigenvalue weighted by atomic mass is 9.96. The van der Waals surface area contributed by atoms with Gasteiger partial charge in [-0.3, -0.25) is 4.79 Å². The Balaban J connectivity index is 2.12. The molecule has 0 saturated carbocycles. The Morgan fingerprint density at radius 1 is 1.62 bits per heavy atom. The van der Waals surface area contributed by atoms with Crippen molar-refractivity contribution in [2.45, 2.75) is 25.3 Å². The van der Waals surface area contributed by atoms with Crippen LogP contribution in [-0.4, -0.2) is 24.2 Å². The number of rotatable bonds is 3. The predicted molar refractivity (Wildman–Crippen MR) is 61.0 cm³/mol. The quantitative estimate of drug-likeness (QED) is 0.818. The van der Waals surface area contributed by atoms with Crippen LogP contribution in [0.1, 0.15) is 18.4 Å². The SMILES string of the molecule is COc1ccc2c(c1)CCC(CC(=O)O)N2. The zero-order valence-electron chi connectivity index (χ0n) is 9.19. The highest BCUT2D eigenvalue weighted by Gasteiger charge is 2.20. The highest BCUT2D eigenvalue weighted by atomic mass is 16.5. The first-order valence-electron chi connectivity index (χ1n) is 5.34. The van der Waals surface area contributed by atoms with Crippen molar-refractivity contribution in [3.05, 3.63) is 23.8 Å². The minimum atomic E-state index is -0.755. The molecule has 0 bridgehead atoms. The molecule has 0 amide bonds. The normalized spacial score (nSPS) is 18.4. The Morgan fingerprint density at radius 2 is 2.44 bits per heavy atom. The zero-order chi connectivity index (χ0) is 11.5. The number of hydrogen-bond donors (Lipinski definition) is 2. The van der Waals surface area contributed by atoms with Crippen LogP contribution in [0.5, 0.6) is 5.75 Å². The first-order valence-corrected chi connectivity index (χ1v) is 5.34. The van der Waals surface area contributed by atoms with Gasteiger partial charge in [0.25, 0.3) is 0 Å². The molecule has 0 aliphatic carbocycles. The summed E-state index contributed by atoms with van der Waals surface area (Å²) >= 11 is 0. The number of aryl methyl sites for hydroxylation is 1. The Labute approximate surface area is 94.2 Å². The number of benzene rings is 1. The summed E-state index contributed by atoms with van der Waals surface area (Å²) in [7, 11) is 1.64. The molecule has 0 fully saturated rings. The molecule has 1 aromatic carbocycles. The third-order valence-electron chi connectivity index (χ3n) is 2.86. The monoisotopic (exact) mass is 221 g/mol. The number of carboxylic acids is 1. The van der Waals surface area contributed by atoms with Crippen molar-refractivity contribution in [1.82, 2.24) is 0 Å². The van der Waals surface area contributed by atoms with Crippen LogP contribution in [0.4, 0.5) is 5.69 Å². The summed E-state index contributed by atoms with van der Waals surface area (Å²) in [6.45, 7) is 0. The number of aliphatic carboxylic acids is 1. The fourth-order valence-electron chi connectivity index (χ4n) is 2.03. The van der Waals surface area contributed by atoms with E-state index in [-0.39, 0.29) is 12.5 Å². The first-order chi connectivity index (χ1) is 7.69. The van der Waals surface area contributed by atoms with E-state index in [4.69, 9.17) is 9.84 Å². The third kappa shape index (κ3) is 2.27. The van der Waals surface area contributed by atoms with Crippen LogP contribution < -0.4 is 10.1 Å². The molecule has 0 radical (unpaired) electrons. The Morgan fingerprint density at radius 3 is 3.12 bits per heavy atom. The number of fused-ring (bicyclic) bond motifs is 1. The summed E-state index contributed by atoms with van der Waals surface area (Å²) in [6, 6.07) is 5.87. The number of anilines is 1. The number of nitrogens with one attached hydrogen (secondary N) is 1. The van der Waals surface area contributed by atoms with E-state index in [0.29, 0.717) is 0 Å². The van der Waals surface area contributed by atoms with Crippen molar-refractivity contribution in [3.63, 3.8) is 0 Å². The molecule has 0 saturated heterocycles. The average Bonchev–Trinajstić information content (AvgIpc) is 2.27. The molecule has 0 spiro atoms. The summed E-state index contributed by atoms with van der Waals surface area (Å²) in [5.41, 5.74) is 2.22. The molecule has 2 rings (SSSR count). The molecule has 2 N–H and O–H groups in total. The van der Waals surface area contributed by atoms with Crippen LogP contribution in [0, 0.1) is 0 Å². The molecule has 16 heavy (non-hydrogen) atoms. The van der Waals surface area contributed by atoms with E-state index < -0.39 is 5.97 Å². The molecule has 1 aliphatic heterocycles. The number of ether oxygens (including phenoxy) is 1. The molecule has 1 atom stereocenters. The molecule has 1 aliphatic rings.